The average Bonchev–Trinajstić information content (AvgIpc) is 2.93. The van der Waals surface area contributed by atoms with Crippen LogP contribution in [0.2, 0.25) is 0 Å². The number of ether oxygens (including phenoxy) is 2. The molecule has 0 bridgehead atoms. The minimum absolute atomic E-state index is 0.336. The summed E-state index contributed by atoms with van der Waals surface area (Å²) in [6, 6.07) is 8.88. The number of carbonyl (C=O) groups is 2. The molecule has 0 amide bonds. The van der Waals surface area contributed by atoms with Gasteiger partial charge in [0.1, 0.15) is 11.5 Å². The highest BCUT2D eigenvalue weighted by molar-refractivity contribution is 5.87. The Bertz CT molecular complexity index is 474. The predicted molar refractivity (Wildman–Crippen MR) is 68.6 cm³/mol. The van der Waals surface area contributed by atoms with Gasteiger partial charge in [-0.1, -0.05) is 30.3 Å². The normalized spacial score (nSPS) is 25.9. The molecule has 1 aliphatic rings. The van der Waals surface area contributed by atoms with Crippen LogP contribution in [0, 0.1) is 0 Å². The first-order valence-corrected chi connectivity index (χ1v) is 6.09. The first kappa shape index (κ1) is 13.5. The summed E-state index contributed by atoms with van der Waals surface area (Å²) in [5.41, 5.74) is 0.0234. The topological polar surface area (TPSA) is 64.6 Å². The molecule has 2 rings (SSSR count). The molecular formula is C14H17NO4. The molecule has 0 aromatic heterocycles. The molecule has 1 N–H and O–H groups in total. The van der Waals surface area contributed by atoms with Crippen molar-refractivity contribution in [1.82, 2.24) is 5.32 Å². The minimum atomic E-state index is -0.825. The number of benzene rings is 1. The number of methoxy groups -OCH3 is 2. The Hall–Kier alpha value is -1.88. The standard InChI is InChI=1S/C14H17NO4/c1-18-12(16)11-8-14(9-15-11,13(17)19-2)10-6-4-3-5-7-10/h3-7,11,15H,8-9H2,1-2H3/t11-,14+/m1/s1. The van der Waals surface area contributed by atoms with E-state index in [9.17, 15) is 9.59 Å². The molecule has 5 nitrogen and oxygen atoms in total. The number of hydrogen-bond donors (Lipinski definition) is 1. The molecule has 5 heteroatoms. The first-order valence-electron chi connectivity index (χ1n) is 6.09. The van der Waals surface area contributed by atoms with Crippen molar-refractivity contribution >= 4 is 11.9 Å². The van der Waals surface area contributed by atoms with Crippen LogP contribution >= 0.6 is 0 Å². The van der Waals surface area contributed by atoms with Crippen molar-refractivity contribution in [2.75, 3.05) is 20.8 Å². The molecule has 1 fully saturated rings. The summed E-state index contributed by atoms with van der Waals surface area (Å²) >= 11 is 0. The Kier molecular flexibility index (Phi) is 3.85. The van der Waals surface area contributed by atoms with E-state index in [4.69, 9.17) is 9.47 Å². The van der Waals surface area contributed by atoms with Gasteiger partial charge in [0.15, 0.2) is 0 Å². The lowest BCUT2D eigenvalue weighted by Gasteiger charge is -2.25. The molecular weight excluding hydrogens is 246 g/mol. The van der Waals surface area contributed by atoms with Crippen LogP contribution in [0.25, 0.3) is 0 Å². The van der Waals surface area contributed by atoms with E-state index in [0.29, 0.717) is 13.0 Å². The zero-order valence-electron chi connectivity index (χ0n) is 11.0. The monoisotopic (exact) mass is 263 g/mol. The number of carbonyl (C=O) groups excluding carboxylic acids is 2. The fourth-order valence-corrected chi connectivity index (χ4v) is 2.54. The highest BCUT2D eigenvalue weighted by atomic mass is 16.5. The lowest BCUT2D eigenvalue weighted by Crippen LogP contribution is -2.39. The largest absolute Gasteiger partial charge is 0.468 e. The maximum atomic E-state index is 12.2. The smallest absolute Gasteiger partial charge is 0.322 e. The SMILES string of the molecule is COC(=O)[C@H]1C[C@@](C(=O)OC)(c2ccccc2)CN1. The number of rotatable bonds is 3. The maximum Gasteiger partial charge on any atom is 0.322 e. The molecule has 19 heavy (non-hydrogen) atoms. The molecule has 102 valence electrons. The Morgan fingerprint density at radius 1 is 1.21 bits per heavy atom. The third-order valence-corrected chi connectivity index (χ3v) is 3.59. The third-order valence-electron chi connectivity index (χ3n) is 3.59. The van der Waals surface area contributed by atoms with E-state index in [-0.39, 0.29) is 11.9 Å². The van der Waals surface area contributed by atoms with E-state index in [0.717, 1.165) is 5.56 Å². The Morgan fingerprint density at radius 2 is 1.89 bits per heavy atom. The fourth-order valence-electron chi connectivity index (χ4n) is 2.54. The zero-order chi connectivity index (χ0) is 13.9. The number of esters is 2. The second kappa shape index (κ2) is 5.40. The van der Waals surface area contributed by atoms with Gasteiger partial charge in [-0.3, -0.25) is 9.59 Å². The van der Waals surface area contributed by atoms with Crippen LogP contribution in [0.15, 0.2) is 30.3 Å². The highest BCUT2D eigenvalue weighted by Crippen LogP contribution is 2.35. The van der Waals surface area contributed by atoms with Gasteiger partial charge in [0.05, 0.1) is 14.2 Å². The molecule has 1 aromatic carbocycles. The summed E-state index contributed by atoms with van der Waals surface area (Å²) in [4.78, 5) is 23.8. The van der Waals surface area contributed by atoms with E-state index in [1.54, 1.807) is 0 Å². The summed E-state index contributed by atoms with van der Waals surface area (Å²) in [7, 11) is 2.70. The summed E-state index contributed by atoms with van der Waals surface area (Å²) < 4.78 is 9.65. The first-order chi connectivity index (χ1) is 9.14. The van der Waals surface area contributed by atoms with Crippen molar-refractivity contribution in [3.63, 3.8) is 0 Å². The van der Waals surface area contributed by atoms with Gasteiger partial charge in [-0.05, 0) is 12.0 Å². The average molecular weight is 263 g/mol. The molecule has 1 aliphatic heterocycles. The van der Waals surface area contributed by atoms with Crippen molar-refractivity contribution in [3.8, 4) is 0 Å². The van der Waals surface area contributed by atoms with Crippen molar-refractivity contribution in [2.45, 2.75) is 17.9 Å². The Morgan fingerprint density at radius 3 is 2.47 bits per heavy atom. The molecule has 2 atom stereocenters. The van der Waals surface area contributed by atoms with Crippen LogP contribution in [-0.2, 0) is 24.5 Å². The lowest BCUT2D eigenvalue weighted by atomic mass is 9.78. The van der Waals surface area contributed by atoms with Gasteiger partial charge in [-0.15, -0.1) is 0 Å². The minimum Gasteiger partial charge on any atom is -0.468 e. The van der Waals surface area contributed by atoms with Crippen molar-refractivity contribution < 1.29 is 19.1 Å². The maximum absolute atomic E-state index is 12.2. The van der Waals surface area contributed by atoms with Crippen LogP contribution in [0.5, 0.6) is 0 Å². The molecule has 0 radical (unpaired) electrons. The quantitative estimate of drug-likeness (QED) is 0.810. The molecule has 0 aliphatic carbocycles. The van der Waals surface area contributed by atoms with Gasteiger partial charge < -0.3 is 14.8 Å². The zero-order valence-corrected chi connectivity index (χ0v) is 11.0. The van der Waals surface area contributed by atoms with E-state index in [2.05, 4.69) is 5.32 Å². The second-order valence-electron chi connectivity index (χ2n) is 4.60. The Balaban J connectivity index is 2.34. The molecule has 1 saturated heterocycles. The lowest BCUT2D eigenvalue weighted by molar-refractivity contribution is -0.147. The van der Waals surface area contributed by atoms with E-state index >= 15 is 0 Å². The van der Waals surface area contributed by atoms with Crippen LogP contribution in [-0.4, -0.2) is 38.7 Å². The van der Waals surface area contributed by atoms with Crippen LogP contribution in [0.4, 0.5) is 0 Å². The summed E-state index contributed by atoms with van der Waals surface area (Å²) in [5, 5.41) is 3.04. The molecule has 0 saturated carbocycles. The van der Waals surface area contributed by atoms with Gasteiger partial charge in [0.2, 0.25) is 0 Å². The Labute approximate surface area is 111 Å². The van der Waals surface area contributed by atoms with Crippen LogP contribution < -0.4 is 5.32 Å². The second-order valence-corrected chi connectivity index (χ2v) is 4.60. The fraction of sp³-hybridized carbons (Fsp3) is 0.429. The van der Waals surface area contributed by atoms with E-state index in [1.807, 2.05) is 30.3 Å². The van der Waals surface area contributed by atoms with Crippen LogP contribution in [0.3, 0.4) is 0 Å². The van der Waals surface area contributed by atoms with Gasteiger partial charge in [-0.25, -0.2) is 0 Å². The van der Waals surface area contributed by atoms with Gasteiger partial charge in [-0.2, -0.15) is 0 Å². The summed E-state index contributed by atoms with van der Waals surface area (Å²) in [5.74, 6) is -0.695. The van der Waals surface area contributed by atoms with Gasteiger partial charge in [0.25, 0.3) is 0 Å². The van der Waals surface area contributed by atoms with Crippen LogP contribution in [0.1, 0.15) is 12.0 Å². The van der Waals surface area contributed by atoms with Gasteiger partial charge in [0, 0.05) is 6.54 Å². The molecule has 1 heterocycles. The number of hydrogen-bond acceptors (Lipinski definition) is 5. The van der Waals surface area contributed by atoms with Crippen molar-refractivity contribution in [1.29, 1.82) is 0 Å². The summed E-state index contributed by atoms with van der Waals surface area (Å²) in [6.45, 7) is 0.365. The van der Waals surface area contributed by atoms with E-state index in [1.165, 1.54) is 14.2 Å². The molecule has 0 spiro atoms. The highest BCUT2D eigenvalue weighted by Gasteiger charge is 2.49. The van der Waals surface area contributed by atoms with Gasteiger partial charge >= 0.3 is 11.9 Å². The van der Waals surface area contributed by atoms with Crippen molar-refractivity contribution in [3.05, 3.63) is 35.9 Å². The van der Waals surface area contributed by atoms with E-state index < -0.39 is 11.5 Å². The number of nitrogens with one attached hydrogen (secondary N) is 1. The predicted octanol–water partition coefficient (Wildman–Crippen LogP) is 0.632. The summed E-state index contributed by atoms with van der Waals surface area (Å²) in [6.07, 6.45) is 0.344. The molecule has 0 unspecified atom stereocenters. The third kappa shape index (κ3) is 2.33. The molecule has 1 aromatic rings. The van der Waals surface area contributed by atoms with Crippen molar-refractivity contribution in [2.24, 2.45) is 0 Å².